The molecule has 0 aromatic heterocycles. The molecule has 0 radical (unpaired) electrons. The highest BCUT2D eigenvalue weighted by atomic mass is 35.5. The molecule has 0 fully saturated rings. The number of allylic oxidation sites excluding steroid dienone is 2. The van der Waals surface area contributed by atoms with Crippen LogP contribution in [0.25, 0.3) is 0 Å². The molecule has 0 aliphatic carbocycles. The molecule has 1 aliphatic heterocycles. The predicted molar refractivity (Wildman–Crippen MR) is 123 cm³/mol. The highest BCUT2D eigenvalue weighted by Crippen LogP contribution is 2.46. The van der Waals surface area contributed by atoms with Crippen molar-refractivity contribution in [3.8, 4) is 12.3 Å². The Bertz CT molecular complexity index is 821. The van der Waals surface area contributed by atoms with Crippen LogP contribution in [0.3, 0.4) is 0 Å². The first-order chi connectivity index (χ1) is 13.9. The quantitative estimate of drug-likeness (QED) is 0.200. The minimum atomic E-state index is -4.57. The van der Waals surface area contributed by atoms with Crippen molar-refractivity contribution < 1.29 is 18.0 Å². The first-order valence-corrected chi connectivity index (χ1v) is 10.9. The zero-order chi connectivity index (χ0) is 23.5. The van der Waals surface area contributed by atoms with Crippen LogP contribution in [0.15, 0.2) is 52.1 Å². The van der Waals surface area contributed by atoms with E-state index in [0.29, 0.717) is 11.3 Å². The Morgan fingerprint density at radius 1 is 1.40 bits per heavy atom. The maximum atomic E-state index is 13.6. The fourth-order valence-corrected chi connectivity index (χ4v) is 3.33. The van der Waals surface area contributed by atoms with E-state index in [-0.39, 0.29) is 17.9 Å². The number of hydrogen-bond acceptors (Lipinski definition) is 3. The Kier molecular flexibility index (Phi) is 12.0. The molecule has 2 nitrogen and oxygen atoms in total. The van der Waals surface area contributed by atoms with Crippen molar-refractivity contribution in [2.75, 3.05) is 12.1 Å². The third-order valence-corrected chi connectivity index (χ3v) is 4.99. The summed E-state index contributed by atoms with van der Waals surface area (Å²) in [5.41, 5.74) is 0.695. The lowest BCUT2D eigenvalue weighted by Gasteiger charge is -2.30. The van der Waals surface area contributed by atoms with Gasteiger partial charge in [-0.15, -0.1) is 42.3 Å². The van der Waals surface area contributed by atoms with Gasteiger partial charge in [-0.1, -0.05) is 22.9 Å². The zero-order valence-corrected chi connectivity index (χ0v) is 19.9. The van der Waals surface area contributed by atoms with Gasteiger partial charge in [-0.2, -0.15) is 13.2 Å². The number of benzene rings is 1. The second-order valence-electron chi connectivity index (χ2n) is 6.85. The highest BCUT2D eigenvalue weighted by Gasteiger charge is 2.62. The number of nitrogens with zero attached hydrogens (tertiary/aromatic N) is 1. The van der Waals surface area contributed by atoms with Crippen molar-refractivity contribution >= 4 is 29.1 Å². The van der Waals surface area contributed by atoms with Crippen LogP contribution in [0.1, 0.15) is 45.2 Å². The first-order valence-electron chi connectivity index (χ1n) is 9.09. The standard InChI is InChI=1S/C16H17ClF3NOS.C4H8.C3H4/c1-10-8-12(4-5-14(10)23-3)13-9-15(22-21-13,16(18,19)20)11(2)6-7-17;1-4(2)3;1-3-2/h4-6,8H,7,9H2,1-3H3;1H2,2-3H3;1H,2H3. The number of hydrogen-bond donors (Lipinski definition) is 0. The second kappa shape index (κ2) is 12.8. The molecule has 1 aliphatic rings. The van der Waals surface area contributed by atoms with E-state index in [1.54, 1.807) is 24.8 Å². The summed E-state index contributed by atoms with van der Waals surface area (Å²) < 4.78 is 40.8. The fourth-order valence-electron chi connectivity index (χ4n) is 2.51. The molecule has 0 N–H and O–H groups in total. The topological polar surface area (TPSA) is 21.6 Å². The maximum Gasteiger partial charge on any atom is 0.435 e. The Hall–Kier alpha value is -1.84. The van der Waals surface area contributed by atoms with Gasteiger partial charge in [-0.05, 0) is 69.7 Å². The average molecular weight is 460 g/mol. The van der Waals surface area contributed by atoms with Gasteiger partial charge in [-0.25, -0.2) is 0 Å². The summed E-state index contributed by atoms with van der Waals surface area (Å²) in [4.78, 5) is 5.99. The third kappa shape index (κ3) is 7.77. The molecule has 2 rings (SSSR count). The van der Waals surface area contributed by atoms with Gasteiger partial charge < -0.3 is 4.84 Å². The van der Waals surface area contributed by atoms with Crippen molar-refractivity contribution in [3.05, 3.63) is 53.1 Å². The predicted octanol–water partition coefficient (Wildman–Crippen LogP) is 7.55. The van der Waals surface area contributed by atoms with Crippen molar-refractivity contribution in [2.45, 2.75) is 57.7 Å². The Labute approximate surface area is 187 Å². The molecule has 1 unspecified atom stereocenters. The van der Waals surface area contributed by atoms with E-state index in [4.69, 9.17) is 16.4 Å². The molecule has 7 heteroatoms. The van der Waals surface area contributed by atoms with E-state index >= 15 is 0 Å². The van der Waals surface area contributed by atoms with Crippen LogP contribution in [0.4, 0.5) is 13.2 Å². The number of aryl methyl sites for hydroxylation is 1. The molecule has 30 heavy (non-hydrogen) atoms. The minimum Gasteiger partial charge on any atom is -0.374 e. The van der Waals surface area contributed by atoms with Crippen LogP contribution >= 0.6 is 23.4 Å². The Morgan fingerprint density at radius 2 is 1.93 bits per heavy atom. The Balaban J connectivity index is 0.00000105. The molecule has 1 aromatic rings. The third-order valence-electron chi connectivity index (χ3n) is 3.93. The Morgan fingerprint density at radius 3 is 2.33 bits per heavy atom. The van der Waals surface area contributed by atoms with E-state index < -0.39 is 11.8 Å². The average Bonchev–Trinajstić information content (AvgIpc) is 3.09. The van der Waals surface area contributed by atoms with Crippen molar-refractivity contribution in [2.24, 2.45) is 5.16 Å². The van der Waals surface area contributed by atoms with Crippen molar-refractivity contribution in [1.29, 1.82) is 0 Å². The smallest absolute Gasteiger partial charge is 0.374 e. The number of alkyl halides is 4. The number of halogens is 4. The maximum absolute atomic E-state index is 13.6. The van der Waals surface area contributed by atoms with Crippen LogP contribution in [0.5, 0.6) is 0 Å². The highest BCUT2D eigenvalue weighted by molar-refractivity contribution is 7.98. The summed E-state index contributed by atoms with van der Waals surface area (Å²) in [5, 5.41) is 3.73. The molecule has 0 bridgehead atoms. The summed E-state index contributed by atoms with van der Waals surface area (Å²) in [6.45, 7) is 12.4. The number of oxime groups is 1. The number of rotatable bonds is 4. The van der Waals surface area contributed by atoms with Crippen LogP contribution in [-0.4, -0.2) is 29.6 Å². The molecule has 0 spiro atoms. The van der Waals surface area contributed by atoms with Crippen molar-refractivity contribution in [1.82, 2.24) is 0 Å². The van der Waals surface area contributed by atoms with Gasteiger partial charge in [0.05, 0.1) is 5.71 Å². The fraction of sp³-hybridized carbons (Fsp3) is 0.435. The summed E-state index contributed by atoms with van der Waals surface area (Å²) >= 11 is 7.14. The van der Waals surface area contributed by atoms with Gasteiger partial charge in [0.1, 0.15) is 0 Å². The minimum absolute atomic E-state index is 0.0100. The molecule has 0 saturated heterocycles. The van der Waals surface area contributed by atoms with Crippen LogP contribution in [-0.2, 0) is 4.84 Å². The summed E-state index contributed by atoms with van der Waals surface area (Å²) in [6.07, 6.45) is 2.94. The van der Waals surface area contributed by atoms with Crippen LogP contribution in [0, 0.1) is 19.3 Å². The van der Waals surface area contributed by atoms with E-state index in [2.05, 4.69) is 24.1 Å². The summed E-state index contributed by atoms with van der Waals surface area (Å²) in [5.74, 6) is 2.24. The van der Waals surface area contributed by atoms with Gasteiger partial charge >= 0.3 is 6.18 Å². The van der Waals surface area contributed by atoms with E-state index in [1.165, 1.54) is 18.6 Å². The second-order valence-corrected chi connectivity index (χ2v) is 8.01. The molecule has 1 heterocycles. The molecule has 0 saturated carbocycles. The lowest BCUT2D eigenvalue weighted by atomic mass is 9.87. The number of thioether (sulfide) groups is 1. The van der Waals surface area contributed by atoms with Gasteiger partial charge in [-0.3, -0.25) is 0 Å². The van der Waals surface area contributed by atoms with Gasteiger partial charge in [0.2, 0.25) is 0 Å². The van der Waals surface area contributed by atoms with Gasteiger partial charge in [0.25, 0.3) is 5.60 Å². The van der Waals surface area contributed by atoms with Gasteiger partial charge in [0.15, 0.2) is 0 Å². The summed E-state index contributed by atoms with van der Waals surface area (Å²) in [7, 11) is 0. The molecular formula is C23H29ClF3NOS. The molecule has 1 aromatic carbocycles. The van der Waals surface area contributed by atoms with Crippen molar-refractivity contribution in [3.63, 3.8) is 0 Å². The monoisotopic (exact) mass is 459 g/mol. The van der Waals surface area contributed by atoms with Crippen LogP contribution in [0.2, 0.25) is 0 Å². The molecule has 0 amide bonds. The lowest BCUT2D eigenvalue weighted by molar-refractivity contribution is -0.253. The van der Waals surface area contributed by atoms with Gasteiger partial charge in [0, 0.05) is 17.2 Å². The molecular weight excluding hydrogens is 431 g/mol. The first kappa shape index (κ1) is 28.2. The number of terminal acetylenes is 1. The summed E-state index contributed by atoms with van der Waals surface area (Å²) in [6, 6.07) is 5.49. The van der Waals surface area contributed by atoms with Crippen LogP contribution < -0.4 is 0 Å². The SMILES string of the molecule is C#CC.C=C(C)C.CSc1ccc(C2=NOC(C(C)=CCCl)(C(F)(F)F)C2)cc1C. The molecule has 1 atom stereocenters. The molecule has 166 valence electrons. The largest absolute Gasteiger partial charge is 0.435 e. The lowest BCUT2D eigenvalue weighted by Crippen LogP contribution is -2.46. The van der Waals surface area contributed by atoms with E-state index in [0.717, 1.165) is 10.5 Å². The normalized spacial score (nSPS) is 18.0. The van der Waals surface area contributed by atoms with E-state index in [1.807, 2.05) is 39.2 Å². The van der Waals surface area contributed by atoms with E-state index in [9.17, 15) is 13.2 Å². The zero-order valence-electron chi connectivity index (χ0n) is 18.3.